The first-order valence-electron chi connectivity index (χ1n) is 6.48. The Morgan fingerprint density at radius 1 is 1.40 bits per heavy atom. The summed E-state index contributed by atoms with van der Waals surface area (Å²) in [4.78, 5) is 8.76. The van der Waals surface area contributed by atoms with Crippen LogP contribution in [0.4, 0.5) is 0 Å². The van der Waals surface area contributed by atoms with Gasteiger partial charge in [-0.15, -0.1) is 0 Å². The molecule has 0 spiro atoms. The van der Waals surface area contributed by atoms with E-state index in [0.29, 0.717) is 24.8 Å². The Labute approximate surface area is 118 Å². The van der Waals surface area contributed by atoms with E-state index in [-0.39, 0.29) is 0 Å². The number of rotatable bonds is 5. The topological polar surface area (TPSA) is 73.1 Å². The van der Waals surface area contributed by atoms with Gasteiger partial charge >= 0.3 is 0 Å². The van der Waals surface area contributed by atoms with Crippen molar-refractivity contribution in [2.45, 2.75) is 39.5 Å². The lowest BCUT2D eigenvalue weighted by Crippen LogP contribution is -2.27. The van der Waals surface area contributed by atoms with Crippen molar-refractivity contribution in [2.24, 2.45) is 0 Å². The molecule has 0 radical (unpaired) electrons. The summed E-state index contributed by atoms with van der Waals surface area (Å²) in [7, 11) is 1.60. The third kappa shape index (κ3) is 3.40. The van der Waals surface area contributed by atoms with Crippen molar-refractivity contribution >= 4 is 0 Å². The van der Waals surface area contributed by atoms with Gasteiger partial charge in [0, 0.05) is 24.6 Å². The molecule has 0 aliphatic carbocycles. The monoisotopic (exact) mass is 276 g/mol. The molecule has 0 amide bonds. The predicted octanol–water partition coefficient (Wildman–Crippen LogP) is 1.57. The first kappa shape index (κ1) is 14.6. The van der Waals surface area contributed by atoms with E-state index >= 15 is 0 Å². The minimum absolute atomic E-state index is 0.338. The average molecular weight is 276 g/mol. The molecular weight excluding hydrogens is 256 g/mol. The highest BCUT2D eigenvalue weighted by Gasteiger charge is 2.20. The van der Waals surface area contributed by atoms with Gasteiger partial charge in [0.05, 0.1) is 12.1 Å². The number of nitrogens with zero attached hydrogens (tertiary/aromatic N) is 4. The molecule has 0 atom stereocenters. The summed E-state index contributed by atoms with van der Waals surface area (Å²) in [5.74, 6) is 1.29. The van der Waals surface area contributed by atoms with Gasteiger partial charge in [0.1, 0.15) is 6.61 Å². The molecule has 2 aromatic rings. The summed E-state index contributed by atoms with van der Waals surface area (Å²) in [5.41, 5.74) is 0.913. The lowest BCUT2D eigenvalue weighted by Gasteiger charge is -2.18. The highest BCUT2D eigenvalue weighted by atomic mass is 16.5. The van der Waals surface area contributed by atoms with Gasteiger partial charge in [0.15, 0.2) is 11.6 Å². The van der Waals surface area contributed by atoms with Gasteiger partial charge in [0.2, 0.25) is 0 Å². The zero-order valence-corrected chi connectivity index (χ0v) is 12.3. The quantitative estimate of drug-likeness (QED) is 0.897. The van der Waals surface area contributed by atoms with Crippen molar-refractivity contribution in [3.05, 3.63) is 29.8 Å². The first-order chi connectivity index (χ1) is 9.40. The molecule has 6 heteroatoms. The number of aryl methyl sites for hydroxylation is 1. The van der Waals surface area contributed by atoms with Crippen LogP contribution in [0.25, 0.3) is 11.4 Å². The Kier molecular flexibility index (Phi) is 4.15. The third-order valence-corrected chi connectivity index (χ3v) is 2.77. The Balaban J connectivity index is 2.47. The summed E-state index contributed by atoms with van der Waals surface area (Å²) in [6, 6.07) is 3.81. The number of pyridine rings is 1. The summed E-state index contributed by atoms with van der Waals surface area (Å²) >= 11 is 0. The third-order valence-electron chi connectivity index (χ3n) is 2.77. The van der Waals surface area contributed by atoms with Crippen LogP contribution in [0.2, 0.25) is 0 Å². The molecule has 0 bridgehead atoms. The molecule has 0 aromatic carbocycles. The zero-order chi connectivity index (χ0) is 14.8. The number of aliphatic hydroxyl groups is 1. The van der Waals surface area contributed by atoms with Crippen LogP contribution in [-0.2, 0) is 17.9 Å². The zero-order valence-electron chi connectivity index (χ0n) is 12.3. The molecule has 2 rings (SSSR count). The molecule has 0 aliphatic rings. The Morgan fingerprint density at radius 3 is 2.75 bits per heavy atom. The molecule has 0 unspecified atom stereocenters. The van der Waals surface area contributed by atoms with Crippen LogP contribution >= 0.6 is 0 Å². The second-order valence-corrected chi connectivity index (χ2v) is 5.39. The maximum absolute atomic E-state index is 10.0. The van der Waals surface area contributed by atoms with Crippen molar-refractivity contribution in [1.29, 1.82) is 0 Å². The fourth-order valence-electron chi connectivity index (χ4n) is 1.98. The fourth-order valence-corrected chi connectivity index (χ4v) is 1.98. The second-order valence-electron chi connectivity index (χ2n) is 5.39. The summed E-state index contributed by atoms with van der Waals surface area (Å²) in [5, 5.41) is 14.4. The van der Waals surface area contributed by atoms with E-state index in [0.717, 1.165) is 11.3 Å². The second kappa shape index (κ2) is 5.68. The van der Waals surface area contributed by atoms with Gasteiger partial charge in [-0.25, -0.2) is 9.67 Å². The molecule has 1 N–H and O–H groups in total. The van der Waals surface area contributed by atoms with E-state index < -0.39 is 5.60 Å². The predicted molar refractivity (Wildman–Crippen MR) is 75.0 cm³/mol. The van der Waals surface area contributed by atoms with Gasteiger partial charge in [-0.3, -0.25) is 4.98 Å². The molecule has 6 nitrogen and oxygen atoms in total. The van der Waals surface area contributed by atoms with Gasteiger partial charge in [0.25, 0.3) is 0 Å². The maximum Gasteiger partial charge on any atom is 0.176 e. The Hall–Kier alpha value is -1.79. The van der Waals surface area contributed by atoms with Gasteiger partial charge in [-0.2, -0.15) is 5.10 Å². The van der Waals surface area contributed by atoms with Crippen molar-refractivity contribution in [3.8, 4) is 11.4 Å². The van der Waals surface area contributed by atoms with Crippen LogP contribution in [0.15, 0.2) is 18.3 Å². The molecular formula is C14H20N4O2. The highest BCUT2D eigenvalue weighted by molar-refractivity contribution is 5.57. The van der Waals surface area contributed by atoms with Crippen molar-refractivity contribution < 1.29 is 9.84 Å². The Morgan fingerprint density at radius 2 is 2.15 bits per heavy atom. The van der Waals surface area contributed by atoms with Crippen LogP contribution in [-0.4, -0.2) is 37.6 Å². The summed E-state index contributed by atoms with van der Waals surface area (Å²) in [6.07, 6.45) is 1.74. The van der Waals surface area contributed by atoms with E-state index in [1.165, 1.54) is 0 Å². The number of methoxy groups -OCH3 is 1. The molecule has 0 aliphatic heterocycles. The van der Waals surface area contributed by atoms with Gasteiger partial charge < -0.3 is 9.84 Å². The smallest absolute Gasteiger partial charge is 0.176 e. The SMILES string of the molecule is COCc1nc(-c2cccnc2C)n(CC(C)(C)O)n1. The summed E-state index contributed by atoms with van der Waals surface area (Å²) in [6.45, 7) is 6.10. The van der Waals surface area contributed by atoms with Crippen LogP contribution in [0.1, 0.15) is 25.4 Å². The molecule has 20 heavy (non-hydrogen) atoms. The molecule has 0 fully saturated rings. The van der Waals surface area contributed by atoms with E-state index in [2.05, 4.69) is 15.1 Å². The van der Waals surface area contributed by atoms with Crippen molar-refractivity contribution in [3.63, 3.8) is 0 Å². The molecule has 0 saturated heterocycles. The number of hydrogen-bond donors (Lipinski definition) is 1. The standard InChI is InChI=1S/C14H20N4O2/c1-10-11(6-5-7-15-10)13-16-12(8-20-4)17-18(13)9-14(2,3)19/h5-7,19H,8-9H2,1-4H3. The molecule has 2 heterocycles. The molecule has 0 saturated carbocycles. The average Bonchev–Trinajstić information content (AvgIpc) is 2.70. The van der Waals surface area contributed by atoms with Crippen LogP contribution in [0.3, 0.4) is 0 Å². The first-order valence-corrected chi connectivity index (χ1v) is 6.48. The normalized spacial score (nSPS) is 11.8. The van der Waals surface area contributed by atoms with E-state index in [1.807, 2.05) is 19.1 Å². The van der Waals surface area contributed by atoms with Crippen LogP contribution in [0.5, 0.6) is 0 Å². The lowest BCUT2D eigenvalue weighted by atomic mass is 10.1. The largest absolute Gasteiger partial charge is 0.389 e. The van der Waals surface area contributed by atoms with Gasteiger partial charge in [-0.1, -0.05) is 0 Å². The van der Waals surface area contributed by atoms with E-state index in [4.69, 9.17) is 4.74 Å². The highest BCUT2D eigenvalue weighted by Crippen LogP contribution is 2.21. The van der Waals surface area contributed by atoms with E-state index in [9.17, 15) is 5.11 Å². The molecule has 108 valence electrons. The van der Waals surface area contributed by atoms with Crippen molar-refractivity contribution in [1.82, 2.24) is 19.7 Å². The summed E-state index contributed by atoms with van der Waals surface area (Å²) < 4.78 is 6.78. The number of aromatic nitrogens is 4. The molecule has 2 aromatic heterocycles. The number of hydrogen-bond acceptors (Lipinski definition) is 5. The maximum atomic E-state index is 10.0. The number of ether oxygens (including phenoxy) is 1. The Bertz CT molecular complexity index is 587. The lowest BCUT2D eigenvalue weighted by molar-refractivity contribution is 0.0578. The fraction of sp³-hybridized carbons (Fsp3) is 0.500. The van der Waals surface area contributed by atoms with E-state index in [1.54, 1.807) is 31.8 Å². The van der Waals surface area contributed by atoms with Gasteiger partial charge in [-0.05, 0) is 32.9 Å². The van der Waals surface area contributed by atoms with Crippen LogP contribution < -0.4 is 0 Å². The minimum atomic E-state index is -0.872. The van der Waals surface area contributed by atoms with Crippen LogP contribution in [0, 0.1) is 6.92 Å². The minimum Gasteiger partial charge on any atom is -0.389 e. The van der Waals surface area contributed by atoms with Crippen molar-refractivity contribution in [2.75, 3.05) is 7.11 Å².